The minimum atomic E-state index is 0.0309. The van der Waals surface area contributed by atoms with E-state index < -0.39 is 0 Å². The maximum atomic E-state index is 13.2. The third-order valence-corrected chi connectivity index (χ3v) is 6.09. The van der Waals surface area contributed by atoms with Crippen LogP contribution >= 0.6 is 0 Å². The molecule has 0 radical (unpaired) electrons. The molecule has 1 saturated heterocycles. The monoisotopic (exact) mass is 374 g/mol. The largest absolute Gasteiger partial charge is 0.338 e. The van der Waals surface area contributed by atoms with Gasteiger partial charge in [0.05, 0.1) is 22.4 Å². The summed E-state index contributed by atoms with van der Waals surface area (Å²) >= 11 is 0. The van der Waals surface area contributed by atoms with Crippen molar-refractivity contribution >= 4 is 16.9 Å². The zero-order valence-corrected chi connectivity index (χ0v) is 16.1. The third-order valence-electron chi connectivity index (χ3n) is 6.09. The van der Waals surface area contributed by atoms with Crippen LogP contribution in [0.25, 0.3) is 11.0 Å². The average Bonchev–Trinajstić information content (AvgIpc) is 2.69. The van der Waals surface area contributed by atoms with Crippen molar-refractivity contribution in [2.45, 2.75) is 32.7 Å². The van der Waals surface area contributed by atoms with E-state index in [1.54, 1.807) is 6.07 Å². The van der Waals surface area contributed by atoms with Crippen molar-refractivity contribution in [3.8, 4) is 0 Å². The molecular formula is C22H22N4O2. The van der Waals surface area contributed by atoms with Crippen molar-refractivity contribution in [1.82, 2.24) is 19.4 Å². The number of benzene rings is 1. The molecule has 5 rings (SSSR count). The van der Waals surface area contributed by atoms with Gasteiger partial charge in [-0.3, -0.25) is 9.59 Å². The second-order valence-corrected chi connectivity index (χ2v) is 8.01. The van der Waals surface area contributed by atoms with Gasteiger partial charge in [0, 0.05) is 42.9 Å². The first-order valence-corrected chi connectivity index (χ1v) is 9.73. The second-order valence-electron chi connectivity index (χ2n) is 8.01. The molecule has 2 aliphatic rings. The van der Waals surface area contributed by atoms with Gasteiger partial charge in [-0.1, -0.05) is 6.07 Å². The van der Waals surface area contributed by atoms with Crippen LogP contribution in [0.4, 0.5) is 0 Å². The molecule has 2 unspecified atom stereocenters. The van der Waals surface area contributed by atoms with Crippen molar-refractivity contribution in [1.29, 1.82) is 0 Å². The summed E-state index contributed by atoms with van der Waals surface area (Å²) in [6, 6.07) is 11.0. The standard InChI is InChI=1S/C22H22N4O2/c1-13-14(2)24-19-9-16(6-7-18(19)23-13)22(28)25-10-15-8-17(12-25)20-4-3-5-21(27)26(20)11-15/h3-7,9,15,17H,8,10-12H2,1-2H3. The lowest BCUT2D eigenvalue weighted by Gasteiger charge is -2.42. The predicted molar refractivity (Wildman–Crippen MR) is 106 cm³/mol. The van der Waals surface area contributed by atoms with Crippen LogP contribution in [-0.2, 0) is 6.54 Å². The molecule has 0 spiro atoms. The van der Waals surface area contributed by atoms with Crippen LogP contribution in [-0.4, -0.2) is 38.4 Å². The van der Waals surface area contributed by atoms with E-state index in [0.717, 1.165) is 34.5 Å². The molecule has 4 heterocycles. The van der Waals surface area contributed by atoms with Crippen molar-refractivity contribution < 1.29 is 4.79 Å². The van der Waals surface area contributed by atoms with E-state index in [2.05, 4.69) is 9.97 Å². The smallest absolute Gasteiger partial charge is 0.253 e. The second kappa shape index (κ2) is 6.26. The van der Waals surface area contributed by atoms with E-state index in [1.807, 2.05) is 53.6 Å². The van der Waals surface area contributed by atoms with E-state index >= 15 is 0 Å². The highest BCUT2D eigenvalue weighted by Gasteiger charge is 2.36. The molecule has 1 amide bonds. The number of rotatable bonds is 1. The first-order valence-electron chi connectivity index (χ1n) is 9.73. The highest BCUT2D eigenvalue weighted by Crippen LogP contribution is 2.35. The van der Waals surface area contributed by atoms with Gasteiger partial charge in [0.25, 0.3) is 11.5 Å². The Morgan fingerprint density at radius 1 is 1.00 bits per heavy atom. The van der Waals surface area contributed by atoms with Crippen LogP contribution in [0.3, 0.4) is 0 Å². The molecule has 2 aromatic heterocycles. The number of amides is 1. The van der Waals surface area contributed by atoms with Gasteiger partial charge in [0.1, 0.15) is 0 Å². The quantitative estimate of drug-likeness (QED) is 0.657. The fraction of sp³-hybridized carbons (Fsp3) is 0.364. The fourth-order valence-corrected chi connectivity index (χ4v) is 4.61. The molecule has 28 heavy (non-hydrogen) atoms. The lowest BCUT2D eigenvalue weighted by atomic mass is 9.83. The van der Waals surface area contributed by atoms with Crippen LogP contribution in [0.1, 0.15) is 39.8 Å². The van der Waals surface area contributed by atoms with Gasteiger partial charge in [-0.25, -0.2) is 9.97 Å². The van der Waals surface area contributed by atoms with Crippen LogP contribution in [0.5, 0.6) is 0 Å². The Morgan fingerprint density at radius 3 is 2.61 bits per heavy atom. The molecule has 1 aromatic carbocycles. The molecule has 3 aromatic rings. The number of hydrogen-bond acceptors (Lipinski definition) is 4. The van der Waals surface area contributed by atoms with Crippen molar-refractivity contribution in [3.63, 3.8) is 0 Å². The Balaban J connectivity index is 1.46. The zero-order valence-electron chi connectivity index (χ0n) is 16.1. The summed E-state index contributed by atoms with van der Waals surface area (Å²) < 4.78 is 1.89. The van der Waals surface area contributed by atoms with Gasteiger partial charge >= 0.3 is 0 Å². The van der Waals surface area contributed by atoms with Gasteiger partial charge in [0.2, 0.25) is 0 Å². The minimum absolute atomic E-state index is 0.0309. The zero-order chi connectivity index (χ0) is 19.4. The molecule has 6 heteroatoms. The fourth-order valence-electron chi connectivity index (χ4n) is 4.61. The van der Waals surface area contributed by atoms with E-state index in [-0.39, 0.29) is 17.4 Å². The molecule has 0 N–H and O–H groups in total. The summed E-state index contributed by atoms with van der Waals surface area (Å²) in [6.45, 7) is 5.90. The van der Waals surface area contributed by atoms with E-state index in [0.29, 0.717) is 31.1 Å². The molecule has 6 nitrogen and oxygen atoms in total. The molecule has 142 valence electrons. The summed E-state index contributed by atoms with van der Waals surface area (Å²) in [5.74, 6) is 0.569. The Bertz CT molecular complexity index is 1170. The molecular weight excluding hydrogens is 352 g/mol. The lowest BCUT2D eigenvalue weighted by Crippen LogP contribution is -2.49. The third kappa shape index (κ3) is 2.71. The average molecular weight is 374 g/mol. The van der Waals surface area contributed by atoms with E-state index in [4.69, 9.17) is 0 Å². The van der Waals surface area contributed by atoms with Crippen LogP contribution in [0.15, 0.2) is 41.2 Å². The minimum Gasteiger partial charge on any atom is -0.338 e. The maximum Gasteiger partial charge on any atom is 0.253 e. The summed E-state index contributed by atoms with van der Waals surface area (Å²) in [6.07, 6.45) is 1.04. The topological polar surface area (TPSA) is 68.1 Å². The normalized spacial score (nSPS) is 20.9. The van der Waals surface area contributed by atoms with Gasteiger partial charge in [-0.15, -0.1) is 0 Å². The molecule has 2 bridgehead atoms. The number of aryl methyl sites for hydroxylation is 2. The Kier molecular flexibility index (Phi) is 3.82. The Labute approximate surface area is 162 Å². The van der Waals surface area contributed by atoms with Gasteiger partial charge < -0.3 is 9.47 Å². The Hall–Kier alpha value is -3.02. The Morgan fingerprint density at radius 2 is 1.79 bits per heavy atom. The number of carbonyl (C=O) groups is 1. The van der Waals surface area contributed by atoms with Gasteiger partial charge in [0.15, 0.2) is 0 Å². The highest BCUT2D eigenvalue weighted by molar-refractivity contribution is 5.97. The summed E-state index contributed by atoms with van der Waals surface area (Å²) in [7, 11) is 0. The predicted octanol–water partition coefficient (Wildman–Crippen LogP) is 2.67. The van der Waals surface area contributed by atoms with Crippen molar-refractivity contribution in [2.24, 2.45) is 5.92 Å². The van der Waals surface area contributed by atoms with E-state index in [1.165, 1.54) is 0 Å². The maximum absolute atomic E-state index is 13.2. The van der Waals surface area contributed by atoms with Crippen LogP contribution in [0, 0.1) is 19.8 Å². The van der Waals surface area contributed by atoms with Crippen LogP contribution < -0.4 is 5.56 Å². The molecule has 0 saturated carbocycles. The molecule has 0 aliphatic carbocycles. The first-order chi connectivity index (χ1) is 13.5. The summed E-state index contributed by atoms with van der Waals surface area (Å²) in [5, 5.41) is 0. The van der Waals surface area contributed by atoms with Crippen LogP contribution in [0.2, 0.25) is 0 Å². The van der Waals surface area contributed by atoms with Crippen molar-refractivity contribution in [3.05, 3.63) is 69.4 Å². The summed E-state index contributed by atoms with van der Waals surface area (Å²) in [4.78, 5) is 36.5. The highest BCUT2D eigenvalue weighted by atomic mass is 16.2. The number of aromatic nitrogens is 3. The number of fused-ring (bicyclic) bond motifs is 5. The van der Waals surface area contributed by atoms with E-state index in [9.17, 15) is 9.59 Å². The SMILES string of the molecule is Cc1nc2ccc(C(=O)N3CC4CC(C3)c3cccc(=O)n3C4)cc2nc1C. The number of carbonyl (C=O) groups excluding carboxylic acids is 1. The van der Waals surface area contributed by atoms with Gasteiger partial charge in [-0.2, -0.15) is 0 Å². The molecule has 1 fully saturated rings. The lowest BCUT2D eigenvalue weighted by molar-refractivity contribution is 0.0594. The van der Waals surface area contributed by atoms with Crippen molar-refractivity contribution in [2.75, 3.05) is 13.1 Å². The number of pyridine rings is 1. The number of piperidine rings is 1. The number of hydrogen-bond donors (Lipinski definition) is 0. The first kappa shape index (κ1) is 17.1. The van der Waals surface area contributed by atoms with Gasteiger partial charge in [-0.05, 0) is 50.5 Å². The molecule has 2 atom stereocenters. The molecule has 2 aliphatic heterocycles. The number of likely N-dealkylation sites (tertiary alicyclic amines) is 1. The number of nitrogens with zero attached hydrogens (tertiary/aromatic N) is 4. The summed E-state index contributed by atoms with van der Waals surface area (Å²) in [5.41, 5.74) is 5.11.